The largest absolute Gasteiger partial charge is 0.481 e. The molecule has 0 unspecified atom stereocenters. The molecular weight excluding hydrogens is 248 g/mol. The Morgan fingerprint density at radius 2 is 1.60 bits per heavy atom. The monoisotopic (exact) mass is 278 g/mol. The minimum Gasteiger partial charge on any atom is -0.481 e. The number of allylic oxidation sites excluding steroid dienone is 2. The highest BCUT2D eigenvalue weighted by molar-refractivity contribution is 5.68. The third-order valence-electron chi connectivity index (χ3n) is 3.20. The minimum atomic E-state index is -0.815. The molecule has 0 aromatic carbocycles. The van der Waals surface area contributed by atoms with Crippen LogP contribution in [0.4, 0.5) is 0 Å². The Morgan fingerprint density at radius 1 is 1.00 bits per heavy atom. The molecule has 2 nitrogen and oxygen atoms in total. The van der Waals surface area contributed by atoms with E-state index in [1.165, 1.54) is 63.9 Å². The van der Waals surface area contributed by atoms with Gasteiger partial charge in [0.2, 0.25) is 0 Å². The molecule has 0 aromatic rings. The van der Waals surface area contributed by atoms with Gasteiger partial charge in [0, 0.05) is 0 Å². The van der Waals surface area contributed by atoms with Crippen molar-refractivity contribution in [3.05, 3.63) is 30.0 Å². The van der Waals surface area contributed by atoms with Crippen LogP contribution in [0.3, 0.4) is 0 Å². The van der Waals surface area contributed by atoms with Crippen LogP contribution >= 0.6 is 0 Å². The lowest BCUT2D eigenvalue weighted by Gasteiger charge is -2.00. The van der Waals surface area contributed by atoms with Gasteiger partial charge >= 0.3 is 5.97 Å². The van der Waals surface area contributed by atoms with Crippen molar-refractivity contribution in [1.82, 2.24) is 0 Å². The molecule has 0 aromatic heterocycles. The van der Waals surface area contributed by atoms with E-state index in [1.807, 2.05) is 6.08 Å². The molecule has 0 spiro atoms. The van der Waals surface area contributed by atoms with E-state index in [1.54, 1.807) is 6.08 Å². The van der Waals surface area contributed by atoms with Crippen LogP contribution in [0.25, 0.3) is 0 Å². The zero-order valence-electron chi connectivity index (χ0n) is 12.9. The second kappa shape index (κ2) is 15.8. The Kier molecular flexibility index (Phi) is 14.8. The molecule has 1 N–H and O–H groups in total. The maximum atomic E-state index is 10.2. The highest BCUT2D eigenvalue weighted by atomic mass is 16.4. The van der Waals surface area contributed by atoms with Crippen LogP contribution in [0.2, 0.25) is 0 Å². The summed E-state index contributed by atoms with van der Waals surface area (Å²) in [4.78, 5) is 10.2. The zero-order chi connectivity index (χ0) is 14.9. The SMILES string of the molecule is CCCCCCCCCCC/C=C/C=C=CCC(=O)O. The molecule has 0 saturated heterocycles. The number of carboxylic acid groups (broad SMARTS) is 1. The Bertz CT molecular complexity index is 309. The van der Waals surface area contributed by atoms with Gasteiger partial charge in [0.25, 0.3) is 0 Å². The first kappa shape index (κ1) is 18.7. The number of rotatable bonds is 13. The molecule has 0 aliphatic heterocycles. The molecule has 0 heterocycles. The van der Waals surface area contributed by atoms with E-state index in [4.69, 9.17) is 5.11 Å². The van der Waals surface area contributed by atoms with Gasteiger partial charge in [-0.15, -0.1) is 5.73 Å². The molecule has 0 amide bonds. The van der Waals surface area contributed by atoms with E-state index in [2.05, 4.69) is 18.7 Å². The number of hydrogen-bond donors (Lipinski definition) is 1. The zero-order valence-corrected chi connectivity index (χ0v) is 12.9. The number of carboxylic acids is 1. The van der Waals surface area contributed by atoms with Crippen molar-refractivity contribution in [2.24, 2.45) is 0 Å². The van der Waals surface area contributed by atoms with Crippen molar-refractivity contribution in [2.75, 3.05) is 0 Å². The summed E-state index contributed by atoms with van der Waals surface area (Å²) in [6.45, 7) is 2.25. The summed E-state index contributed by atoms with van der Waals surface area (Å²) < 4.78 is 0. The first-order chi connectivity index (χ1) is 9.77. The second-order valence-electron chi connectivity index (χ2n) is 5.18. The average molecular weight is 278 g/mol. The maximum absolute atomic E-state index is 10.2. The topological polar surface area (TPSA) is 37.3 Å². The van der Waals surface area contributed by atoms with E-state index in [0.717, 1.165) is 6.42 Å². The Hall–Kier alpha value is -1.27. The summed E-state index contributed by atoms with van der Waals surface area (Å²) in [5.74, 6) is -0.815. The Labute approximate surface area is 124 Å². The molecule has 0 saturated carbocycles. The van der Waals surface area contributed by atoms with Gasteiger partial charge in [-0.3, -0.25) is 4.79 Å². The molecule has 0 aliphatic carbocycles. The van der Waals surface area contributed by atoms with Gasteiger partial charge in [0.1, 0.15) is 0 Å². The average Bonchev–Trinajstić information content (AvgIpc) is 2.43. The van der Waals surface area contributed by atoms with Crippen molar-refractivity contribution in [1.29, 1.82) is 0 Å². The lowest BCUT2D eigenvalue weighted by Crippen LogP contribution is -1.88. The minimum absolute atomic E-state index is 0.0442. The summed E-state index contributed by atoms with van der Waals surface area (Å²) in [6.07, 6.45) is 20.7. The van der Waals surface area contributed by atoms with Gasteiger partial charge in [-0.05, 0) is 25.0 Å². The molecule has 20 heavy (non-hydrogen) atoms. The molecule has 0 atom stereocenters. The van der Waals surface area contributed by atoms with E-state index in [0.29, 0.717) is 0 Å². The first-order valence-corrected chi connectivity index (χ1v) is 8.05. The lowest BCUT2D eigenvalue weighted by atomic mass is 10.1. The summed E-state index contributed by atoms with van der Waals surface area (Å²) in [5, 5.41) is 8.41. The van der Waals surface area contributed by atoms with Crippen LogP contribution in [-0.2, 0) is 4.79 Å². The quantitative estimate of drug-likeness (QED) is 0.268. The first-order valence-electron chi connectivity index (χ1n) is 8.05. The lowest BCUT2D eigenvalue weighted by molar-refractivity contribution is -0.135. The number of carbonyl (C=O) groups is 1. The molecule has 0 radical (unpaired) electrons. The van der Waals surface area contributed by atoms with Crippen molar-refractivity contribution in [3.8, 4) is 0 Å². The molecular formula is C18H30O2. The second-order valence-corrected chi connectivity index (χ2v) is 5.18. The smallest absolute Gasteiger partial charge is 0.307 e. The highest BCUT2D eigenvalue weighted by Crippen LogP contribution is 2.10. The number of unbranched alkanes of at least 4 members (excludes halogenated alkanes) is 9. The van der Waals surface area contributed by atoms with E-state index < -0.39 is 5.97 Å². The summed E-state index contributed by atoms with van der Waals surface area (Å²) >= 11 is 0. The fourth-order valence-corrected chi connectivity index (χ4v) is 2.01. The standard InChI is InChI=1S/C18H30O2/c1-2-3-4-5-6-7-8-9-10-11-12-13-14-15-16-17-18(19)20/h12-14,16H,2-11,17H2,1H3,(H,19,20)/b13-12+. The van der Waals surface area contributed by atoms with E-state index in [9.17, 15) is 4.79 Å². The number of hydrogen-bond acceptors (Lipinski definition) is 1. The van der Waals surface area contributed by atoms with Crippen molar-refractivity contribution in [2.45, 2.75) is 77.6 Å². The molecule has 0 aliphatic rings. The van der Waals surface area contributed by atoms with Gasteiger partial charge in [-0.2, -0.15) is 0 Å². The molecule has 2 heteroatoms. The molecule has 114 valence electrons. The third kappa shape index (κ3) is 16.7. The van der Waals surface area contributed by atoms with Gasteiger partial charge in [-0.1, -0.05) is 70.4 Å². The van der Waals surface area contributed by atoms with Crippen molar-refractivity contribution in [3.63, 3.8) is 0 Å². The van der Waals surface area contributed by atoms with Crippen LogP contribution in [0.5, 0.6) is 0 Å². The fraction of sp³-hybridized carbons (Fsp3) is 0.667. The Morgan fingerprint density at radius 3 is 2.20 bits per heavy atom. The van der Waals surface area contributed by atoms with E-state index >= 15 is 0 Å². The van der Waals surface area contributed by atoms with Crippen LogP contribution in [-0.4, -0.2) is 11.1 Å². The molecule has 0 fully saturated rings. The van der Waals surface area contributed by atoms with Gasteiger partial charge in [-0.25, -0.2) is 0 Å². The van der Waals surface area contributed by atoms with Crippen LogP contribution in [0.15, 0.2) is 30.0 Å². The van der Waals surface area contributed by atoms with Crippen LogP contribution in [0, 0.1) is 0 Å². The predicted molar refractivity (Wildman–Crippen MR) is 85.9 cm³/mol. The van der Waals surface area contributed by atoms with E-state index in [-0.39, 0.29) is 6.42 Å². The Balaban J connectivity index is 3.27. The summed E-state index contributed by atoms with van der Waals surface area (Å²) in [7, 11) is 0. The predicted octanol–water partition coefficient (Wildman–Crippen LogP) is 5.65. The third-order valence-corrected chi connectivity index (χ3v) is 3.20. The van der Waals surface area contributed by atoms with Crippen LogP contribution in [0.1, 0.15) is 77.6 Å². The van der Waals surface area contributed by atoms with Crippen molar-refractivity contribution >= 4 is 5.97 Å². The molecule has 0 rings (SSSR count). The summed E-state index contributed by atoms with van der Waals surface area (Å²) in [5.41, 5.74) is 2.83. The fourth-order valence-electron chi connectivity index (χ4n) is 2.01. The maximum Gasteiger partial charge on any atom is 0.307 e. The summed E-state index contributed by atoms with van der Waals surface area (Å²) in [6, 6.07) is 0. The van der Waals surface area contributed by atoms with Gasteiger partial charge < -0.3 is 5.11 Å². The van der Waals surface area contributed by atoms with Gasteiger partial charge in [0.15, 0.2) is 0 Å². The number of aliphatic carboxylic acids is 1. The van der Waals surface area contributed by atoms with Gasteiger partial charge in [0.05, 0.1) is 6.42 Å². The normalized spacial score (nSPS) is 10.4. The van der Waals surface area contributed by atoms with Crippen LogP contribution < -0.4 is 0 Å². The molecule has 0 bridgehead atoms. The highest BCUT2D eigenvalue weighted by Gasteiger charge is 1.91. The van der Waals surface area contributed by atoms with Crippen molar-refractivity contribution < 1.29 is 9.90 Å².